The number of carbonyl (C=O) groups excluding carboxylic acids is 2. The minimum atomic E-state index is -3.95. The number of halogens is 1. The monoisotopic (exact) mass is 374 g/mol. The number of nitrogens with zero attached hydrogens (tertiary/aromatic N) is 1. The first-order valence-electron chi connectivity index (χ1n) is 7.71. The van der Waals surface area contributed by atoms with E-state index in [1.54, 1.807) is 0 Å². The molecular weight excluding hydrogens is 351 g/mol. The number of ether oxygens (including phenoxy) is 1. The van der Waals surface area contributed by atoms with E-state index < -0.39 is 40.9 Å². The van der Waals surface area contributed by atoms with Crippen LogP contribution in [0.5, 0.6) is 0 Å². The van der Waals surface area contributed by atoms with Gasteiger partial charge < -0.3 is 10.1 Å². The van der Waals surface area contributed by atoms with Gasteiger partial charge in [0.15, 0.2) is 6.61 Å². The van der Waals surface area contributed by atoms with Gasteiger partial charge in [-0.1, -0.05) is 13.8 Å². The van der Waals surface area contributed by atoms with Crippen molar-refractivity contribution in [3.05, 3.63) is 30.1 Å². The Morgan fingerprint density at radius 1 is 1.20 bits per heavy atom. The molecule has 0 aromatic heterocycles. The van der Waals surface area contributed by atoms with E-state index in [0.717, 1.165) is 28.6 Å². The normalized spacial score (nSPS) is 12.9. The Hall–Kier alpha value is -2.00. The lowest BCUT2D eigenvalue weighted by atomic mass is 10.1. The maximum atomic E-state index is 12.9. The fourth-order valence-electron chi connectivity index (χ4n) is 1.71. The second kappa shape index (κ2) is 8.91. The van der Waals surface area contributed by atoms with Crippen molar-refractivity contribution in [2.24, 2.45) is 5.92 Å². The van der Waals surface area contributed by atoms with Gasteiger partial charge in [0.1, 0.15) is 12.4 Å². The Morgan fingerprint density at radius 3 is 2.28 bits per heavy atom. The lowest BCUT2D eigenvalue weighted by molar-refractivity contribution is -0.148. The van der Waals surface area contributed by atoms with Gasteiger partial charge >= 0.3 is 5.97 Å². The van der Waals surface area contributed by atoms with Gasteiger partial charge in [-0.15, -0.1) is 0 Å². The van der Waals surface area contributed by atoms with Crippen LogP contribution in [0, 0.1) is 11.7 Å². The van der Waals surface area contributed by atoms with E-state index in [2.05, 4.69) is 5.32 Å². The molecule has 0 aliphatic heterocycles. The molecule has 0 fully saturated rings. The molecule has 1 aromatic carbocycles. The van der Waals surface area contributed by atoms with Crippen LogP contribution in [0.1, 0.15) is 20.8 Å². The number of hydrogen-bond acceptors (Lipinski definition) is 5. The van der Waals surface area contributed by atoms with Crippen LogP contribution in [0.4, 0.5) is 4.39 Å². The highest BCUT2D eigenvalue weighted by atomic mass is 32.2. The summed E-state index contributed by atoms with van der Waals surface area (Å²) >= 11 is 0. The summed E-state index contributed by atoms with van der Waals surface area (Å²) in [5, 5.41) is 2.67. The number of likely N-dealkylation sites (N-methyl/N-ethyl adjacent to an activating group) is 1. The standard InChI is InChI=1S/C16H23FN2O5S/c1-11(2)12(3)18-15(20)10-24-16(21)9-19(4)25(22,23)14-7-5-13(17)6-8-14/h5-8,11-12H,9-10H2,1-4H3,(H,18,20)/t12-/m1/s1. The zero-order valence-electron chi connectivity index (χ0n) is 14.7. The third-order valence-corrected chi connectivity index (χ3v) is 5.44. The zero-order valence-corrected chi connectivity index (χ0v) is 15.5. The van der Waals surface area contributed by atoms with Gasteiger partial charge in [-0.2, -0.15) is 4.31 Å². The summed E-state index contributed by atoms with van der Waals surface area (Å²) in [7, 11) is -2.76. The molecular formula is C16H23FN2O5S. The molecule has 1 rings (SSSR count). The smallest absolute Gasteiger partial charge is 0.321 e. The highest BCUT2D eigenvalue weighted by molar-refractivity contribution is 7.89. The predicted molar refractivity (Wildman–Crippen MR) is 89.6 cm³/mol. The van der Waals surface area contributed by atoms with Crippen molar-refractivity contribution in [1.29, 1.82) is 0 Å². The van der Waals surface area contributed by atoms with E-state index in [1.807, 2.05) is 20.8 Å². The van der Waals surface area contributed by atoms with Gasteiger partial charge in [0.05, 0.1) is 4.90 Å². The van der Waals surface area contributed by atoms with E-state index in [-0.39, 0.29) is 16.9 Å². The average molecular weight is 374 g/mol. The van der Waals surface area contributed by atoms with Crippen molar-refractivity contribution in [2.75, 3.05) is 20.2 Å². The quantitative estimate of drug-likeness (QED) is 0.689. The zero-order chi connectivity index (χ0) is 19.2. The molecule has 0 saturated heterocycles. The van der Waals surface area contributed by atoms with Gasteiger partial charge in [-0.25, -0.2) is 12.8 Å². The van der Waals surface area contributed by atoms with Gasteiger partial charge in [0.25, 0.3) is 5.91 Å². The maximum Gasteiger partial charge on any atom is 0.321 e. The van der Waals surface area contributed by atoms with Crippen LogP contribution in [-0.2, 0) is 24.3 Å². The summed E-state index contributed by atoms with van der Waals surface area (Å²) in [6, 6.07) is 4.16. The van der Waals surface area contributed by atoms with E-state index in [1.165, 1.54) is 7.05 Å². The summed E-state index contributed by atoms with van der Waals surface area (Å²) < 4.78 is 43.0. The molecule has 0 heterocycles. The molecule has 1 atom stereocenters. The Labute approximate surface area is 147 Å². The number of nitrogens with one attached hydrogen (secondary N) is 1. The Bertz CT molecular complexity index is 704. The van der Waals surface area contributed by atoms with Crippen LogP contribution in [0.2, 0.25) is 0 Å². The Morgan fingerprint density at radius 2 is 1.76 bits per heavy atom. The predicted octanol–water partition coefficient (Wildman–Crippen LogP) is 1.15. The molecule has 140 valence electrons. The molecule has 25 heavy (non-hydrogen) atoms. The first-order chi connectivity index (χ1) is 11.5. The number of sulfonamides is 1. The molecule has 0 spiro atoms. The molecule has 0 saturated carbocycles. The number of esters is 1. The summed E-state index contributed by atoms with van der Waals surface area (Å²) in [4.78, 5) is 23.2. The number of carbonyl (C=O) groups is 2. The molecule has 0 bridgehead atoms. The molecule has 0 aliphatic rings. The molecule has 1 amide bonds. The highest BCUT2D eigenvalue weighted by Crippen LogP contribution is 2.14. The molecule has 1 N–H and O–H groups in total. The third-order valence-electron chi connectivity index (χ3n) is 3.63. The van der Waals surface area contributed by atoms with Crippen LogP contribution in [0.15, 0.2) is 29.2 Å². The van der Waals surface area contributed by atoms with Crippen molar-refractivity contribution in [3.63, 3.8) is 0 Å². The van der Waals surface area contributed by atoms with E-state index in [0.29, 0.717) is 0 Å². The first-order valence-corrected chi connectivity index (χ1v) is 9.15. The van der Waals surface area contributed by atoms with E-state index in [4.69, 9.17) is 4.74 Å². The maximum absolute atomic E-state index is 12.9. The minimum absolute atomic E-state index is 0.0762. The topological polar surface area (TPSA) is 92.8 Å². The lowest BCUT2D eigenvalue weighted by Crippen LogP contribution is -2.40. The van der Waals surface area contributed by atoms with Crippen LogP contribution in [0.3, 0.4) is 0 Å². The van der Waals surface area contributed by atoms with Gasteiger partial charge in [0, 0.05) is 13.1 Å². The van der Waals surface area contributed by atoms with Crippen molar-refractivity contribution in [3.8, 4) is 0 Å². The number of rotatable bonds is 8. The molecule has 0 aliphatic carbocycles. The van der Waals surface area contributed by atoms with Crippen LogP contribution in [-0.4, -0.2) is 50.8 Å². The summed E-state index contributed by atoms with van der Waals surface area (Å²) in [5.74, 6) is -1.66. The van der Waals surface area contributed by atoms with Crippen LogP contribution in [0.25, 0.3) is 0 Å². The number of amides is 1. The third kappa shape index (κ3) is 6.43. The second-order valence-corrected chi connectivity index (χ2v) is 8.02. The highest BCUT2D eigenvalue weighted by Gasteiger charge is 2.24. The van der Waals surface area contributed by atoms with E-state index >= 15 is 0 Å². The van der Waals surface area contributed by atoms with Gasteiger partial charge in [-0.3, -0.25) is 9.59 Å². The Kier molecular flexibility index (Phi) is 7.50. The Balaban J connectivity index is 2.56. The summed E-state index contributed by atoms with van der Waals surface area (Å²) in [6.07, 6.45) is 0. The fourth-order valence-corrected chi connectivity index (χ4v) is 2.82. The number of hydrogen-bond donors (Lipinski definition) is 1. The average Bonchev–Trinajstić information content (AvgIpc) is 2.53. The van der Waals surface area contributed by atoms with Crippen molar-refractivity contribution in [1.82, 2.24) is 9.62 Å². The van der Waals surface area contributed by atoms with Crippen LogP contribution < -0.4 is 5.32 Å². The first kappa shape index (κ1) is 21.0. The lowest BCUT2D eigenvalue weighted by Gasteiger charge is -2.18. The van der Waals surface area contributed by atoms with Gasteiger partial charge in [0.2, 0.25) is 10.0 Å². The summed E-state index contributed by atoms with van der Waals surface area (Å²) in [6.45, 7) is 4.65. The fraction of sp³-hybridized carbons (Fsp3) is 0.500. The second-order valence-electron chi connectivity index (χ2n) is 5.98. The van der Waals surface area contributed by atoms with Crippen molar-refractivity contribution in [2.45, 2.75) is 31.7 Å². The molecule has 7 nitrogen and oxygen atoms in total. The summed E-state index contributed by atoms with van der Waals surface area (Å²) in [5.41, 5.74) is 0. The minimum Gasteiger partial charge on any atom is -0.455 e. The van der Waals surface area contributed by atoms with E-state index in [9.17, 15) is 22.4 Å². The van der Waals surface area contributed by atoms with Gasteiger partial charge in [-0.05, 0) is 37.1 Å². The molecule has 1 aromatic rings. The molecule has 0 unspecified atom stereocenters. The molecule has 0 radical (unpaired) electrons. The van der Waals surface area contributed by atoms with Crippen LogP contribution >= 0.6 is 0 Å². The SMILES string of the molecule is CC(C)[C@@H](C)NC(=O)COC(=O)CN(C)S(=O)(=O)c1ccc(F)cc1. The largest absolute Gasteiger partial charge is 0.455 e. The molecule has 9 heteroatoms. The van der Waals surface area contributed by atoms with Crippen molar-refractivity contribution < 1.29 is 27.1 Å². The number of benzene rings is 1. The van der Waals surface area contributed by atoms with Crippen molar-refractivity contribution >= 4 is 21.9 Å².